The van der Waals surface area contributed by atoms with Crippen molar-refractivity contribution in [2.45, 2.75) is 19.8 Å². The van der Waals surface area contributed by atoms with Crippen LogP contribution < -0.4 is 15.2 Å². The summed E-state index contributed by atoms with van der Waals surface area (Å²) in [5.41, 5.74) is 0.174. The SMILES string of the molecule is CC1(COc2c(N3CCN(S)CC3)cnn(-c3cc(F)cc(F)c3)c2=O)CC1. The molecule has 1 saturated heterocycles. The molecule has 0 radical (unpaired) electrons. The minimum Gasteiger partial charge on any atom is -0.486 e. The van der Waals surface area contributed by atoms with Crippen molar-refractivity contribution in [3.05, 3.63) is 46.4 Å². The highest BCUT2D eigenvalue weighted by Gasteiger charge is 2.38. The molecule has 0 atom stereocenters. The molecule has 1 saturated carbocycles. The van der Waals surface area contributed by atoms with Crippen molar-refractivity contribution in [2.75, 3.05) is 37.7 Å². The number of anilines is 1. The van der Waals surface area contributed by atoms with Crippen LogP contribution in [0, 0.1) is 17.0 Å². The maximum Gasteiger partial charge on any atom is 0.316 e. The Morgan fingerprint density at radius 2 is 1.79 bits per heavy atom. The highest BCUT2D eigenvalue weighted by molar-refractivity contribution is 7.77. The zero-order chi connectivity index (χ0) is 19.9. The van der Waals surface area contributed by atoms with Crippen molar-refractivity contribution in [3.8, 4) is 11.4 Å². The van der Waals surface area contributed by atoms with Gasteiger partial charge in [0.05, 0.1) is 18.5 Å². The monoisotopic (exact) mass is 408 g/mol. The second kappa shape index (κ2) is 7.36. The Labute approximate surface area is 167 Å². The van der Waals surface area contributed by atoms with Crippen LogP contribution in [0.15, 0.2) is 29.2 Å². The van der Waals surface area contributed by atoms with Gasteiger partial charge in [0.25, 0.3) is 0 Å². The van der Waals surface area contributed by atoms with Gasteiger partial charge in [-0.2, -0.15) is 9.78 Å². The molecule has 2 fully saturated rings. The highest BCUT2D eigenvalue weighted by Crippen LogP contribution is 2.45. The fraction of sp³-hybridized carbons (Fsp3) is 0.474. The predicted octanol–water partition coefficient (Wildman–Crippen LogP) is 2.66. The van der Waals surface area contributed by atoms with E-state index in [0.29, 0.717) is 25.4 Å². The molecule has 1 aliphatic carbocycles. The summed E-state index contributed by atoms with van der Waals surface area (Å²) in [6.07, 6.45) is 3.63. The molecule has 6 nitrogen and oxygen atoms in total. The molecule has 28 heavy (non-hydrogen) atoms. The first kappa shape index (κ1) is 19.2. The Morgan fingerprint density at radius 3 is 2.39 bits per heavy atom. The fourth-order valence-electron chi connectivity index (χ4n) is 3.18. The lowest BCUT2D eigenvalue weighted by Crippen LogP contribution is -2.43. The van der Waals surface area contributed by atoms with Gasteiger partial charge in [-0.25, -0.2) is 13.1 Å². The van der Waals surface area contributed by atoms with Crippen LogP contribution >= 0.6 is 12.8 Å². The number of halogens is 2. The second-order valence-electron chi connectivity index (χ2n) is 7.74. The van der Waals surface area contributed by atoms with E-state index in [9.17, 15) is 13.6 Å². The van der Waals surface area contributed by atoms with Gasteiger partial charge in [-0.15, -0.1) is 0 Å². The number of ether oxygens (including phenoxy) is 1. The standard InChI is InChI=1S/C19H22F2N4O2S/c1-19(2-3-19)12-27-17-16(23-4-6-24(28)7-5-23)11-22-25(18(17)26)15-9-13(20)8-14(21)10-15/h8-11,28H,2-7,12H2,1H3. The van der Waals surface area contributed by atoms with Crippen LogP contribution in [-0.2, 0) is 0 Å². The quantitative estimate of drug-likeness (QED) is 0.771. The van der Waals surface area contributed by atoms with Crippen LogP contribution in [-0.4, -0.2) is 46.9 Å². The molecule has 1 aliphatic heterocycles. The van der Waals surface area contributed by atoms with Gasteiger partial charge in [-0.1, -0.05) is 19.7 Å². The van der Waals surface area contributed by atoms with Crippen molar-refractivity contribution in [1.29, 1.82) is 0 Å². The molecule has 0 spiro atoms. The lowest BCUT2D eigenvalue weighted by molar-refractivity contribution is 0.242. The molecule has 1 aromatic heterocycles. The van der Waals surface area contributed by atoms with Crippen LogP contribution in [0.25, 0.3) is 5.69 Å². The molecule has 4 rings (SSSR count). The topological polar surface area (TPSA) is 50.6 Å². The minimum atomic E-state index is -0.773. The Balaban J connectivity index is 1.74. The molecule has 0 unspecified atom stereocenters. The van der Waals surface area contributed by atoms with Gasteiger partial charge in [0, 0.05) is 37.7 Å². The molecule has 0 amide bonds. The average Bonchev–Trinajstić information content (AvgIpc) is 3.38. The van der Waals surface area contributed by atoms with Crippen LogP contribution in [0.2, 0.25) is 0 Å². The maximum atomic E-state index is 13.6. The van der Waals surface area contributed by atoms with Gasteiger partial charge >= 0.3 is 5.56 Å². The van der Waals surface area contributed by atoms with E-state index >= 15 is 0 Å². The van der Waals surface area contributed by atoms with Gasteiger partial charge in [0.2, 0.25) is 5.75 Å². The molecule has 9 heteroatoms. The number of hydrogen-bond acceptors (Lipinski definition) is 6. The smallest absolute Gasteiger partial charge is 0.316 e. The Kier molecular flexibility index (Phi) is 5.05. The third-order valence-corrected chi connectivity index (χ3v) is 5.67. The van der Waals surface area contributed by atoms with Crippen LogP contribution in [0.3, 0.4) is 0 Å². The first-order valence-electron chi connectivity index (χ1n) is 9.25. The van der Waals surface area contributed by atoms with Gasteiger partial charge in [0.15, 0.2) is 0 Å². The summed E-state index contributed by atoms with van der Waals surface area (Å²) in [6.45, 7) is 5.35. The van der Waals surface area contributed by atoms with E-state index in [1.54, 1.807) is 0 Å². The molecule has 2 aromatic rings. The van der Waals surface area contributed by atoms with Gasteiger partial charge < -0.3 is 9.64 Å². The zero-order valence-corrected chi connectivity index (χ0v) is 16.5. The number of nitrogens with zero attached hydrogens (tertiary/aromatic N) is 4. The Hall–Kier alpha value is -2.13. The number of piperazine rings is 1. The van der Waals surface area contributed by atoms with E-state index in [2.05, 4.69) is 24.8 Å². The third kappa shape index (κ3) is 4.00. The van der Waals surface area contributed by atoms with Crippen molar-refractivity contribution in [1.82, 2.24) is 14.1 Å². The van der Waals surface area contributed by atoms with Crippen LogP contribution in [0.4, 0.5) is 14.5 Å². The summed E-state index contributed by atoms with van der Waals surface area (Å²) < 4.78 is 36.1. The molecule has 1 aromatic carbocycles. The minimum absolute atomic E-state index is 0.0247. The van der Waals surface area contributed by atoms with Crippen molar-refractivity contribution in [2.24, 2.45) is 5.41 Å². The van der Waals surface area contributed by atoms with E-state index in [-0.39, 0.29) is 16.9 Å². The van der Waals surface area contributed by atoms with E-state index in [1.165, 1.54) is 6.20 Å². The summed E-state index contributed by atoms with van der Waals surface area (Å²) in [5, 5.41) is 4.16. The summed E-state index contributed by atoms with van der Waals surface area (Å²) in [4.78, 5) is 15.2. The van der Waals surface area contributed by atoms with E-state index in [0.717, 1.165) is 48.8 Å². The second-order valence-corrected chi connectivity index (χ2v) is 8.31. The van der Waals surface area contributed by atoms with E-state index in [4.69, 9.17) is 4.74 Å². The Bertz CT molecular complexity index is 920. The summed E-state index contributed by atoms with van der Waals surface area (Å²) >= 11 is 4.35. The van der Waals surface area contributed by atoms with Crippen molar-refractivity contribution < 1.29 is 13.5 Å². The first-order valence-corrected chi connectivity index (χ1v) is 9.65. The van der Waals surface area contributed by atoms with Gasteiger partial charge in [-0.3, -0.25) is 4.79 Å². The van der Waals surface area contributed by atoms with E-state index in [1.807, 2.05) is 9.21 Å². The molecule has 0 bridgehead atoms. The first-order chi connectivity index (χ1) is 13.3. The molecule has 150 valence electrons. The lowest BCUT2D eigenvalue weighted by Gasteiger charge is -2.33. The number of thiol groups is 1. The zero-order valence-electron chi connectivity index (χ0n) is 15.6. The molecule has 2 aliphatic rings. The summed E-state index contributed by atoms with van der Waals surface area (Å²) in [7, 11) is 0. The number of hydrogen-bond donors (Lipinski definition) is 1. The molecular formula is C19H22F2N4O2S. The number of aromatic nitrogens is 2. The summed E-state index contributed by atoms with van der Waals surface area (Å²) in [6, 6.07) is 2.90. The van der Waals surface area contributed by atoms with Crippen LogP contribution in [0.5, 0.6) is 5.75 Å². The summed E-state index contributed by atoms with van der Waals surface area (Å²) in [5.74, 6) is -1.38. The predicted molar refractivity (Wildman–Crippen MR) is 105 cm³/mol. The number of benzene rings is 1. The third-order valence-electron chi connectivity index (χ3n) is 5.27. The molecule has 2 heterocycles. The molecular weight excluding hydrogens is 386 g/mol. The van der Waals surface area contributed by atoms with Crippen LogP contribution in [0.1, 0.15) is 19.8 Å². The highest BCUT2D eigenvalue weighted by atomic mass is 32.1. The largest absolute Gasteiger partial charge is 0.486 e. The molecule has 0 N–H and O–H groups in total. The van der Waals surface area contributed by atoms with Gasteiger partial charge in [0.1, 0.15) is 17.3 Å². The Morgan fingerprint density at radius 1 is 1.14 bits per heavy atom. The van der Waals surface area contributed by atoms with Crippen molar-refractivity contribution in [3.63, 3.8) is 0 Å². The van der Waals surface area contributed by atoms with Gasteiger partial charge in [-0.05, 0) is 25.0 Å². The maximum absolute atomic E-state index is 13.6. The van der Waals surface area contributed by atoms with E-state index < -0.39 is 17.2 Å². The lowest BCUT2D eigenvalue weighted by atomic mass is 10.2. The number of rotatable bonds is 5. The normalized spacial score (nSPS) is 18.9. The average molecular weight is 408 g/mol. The fourth-order valence-corrected chi connectivity index (χ4v) is 3.36. The van der Waals surface area contributed by atoms with Crippen molar-refractivity contribution >= 4 is 18.5 Å².